The average Bonchev–Trinajstić information content (AvgIpc) is 3.34. The fraction of sp³-hybridized carbons (Fsp3) is 0.290. The highest BCUT2D eigenvalue weighted by atomic mass is 35.5. The number of hydrogen-bond acceptors (Lipinski definition) is 3. The van der Waals surface area contributed by atoms with Gasteiger partial charge in [-0.15, -0.1) is 0 Å². The minimum absolute atomic E-state index is 0.0993. The molecule has 2 unspecified atom stereocenters. The quantitative estimate of drug-likeness (QED) is 0.316. The number of halogens is 2. The maximum absolute atomic E-state index is 14.6. The van der Waals surface area contributed by atoms with Crippen LogP contribution < -0.4 is 10.2 Å². The Morgan fingerprint density at radius 2 is 1.87 bits per heavy atom. The number of carbonyl (C=O) groups is 2. The normalized spacial score (nSPS) is 16.7. The number of hydrogen-bond donors (Lipinski definition) is 2. The van der Waals surface area contributed by atoms with E-state index in [0.29, 0.717) is 11.6 Å². The maximum atomic E-state index is 14.6. The molecule has 0 saturated heterocycles. The molecule has 0 radical (unpaired) electrons. The Morgan fingerprint density at radius 3 is 2.64 bits per heavy atom. The highest BCUT2D eigenvalue weighted by Gasteiger charge is 2.37. The molecule has 0 bridgehead atoms. The average molecular weight is 547 g/mol. The number of amides is 2. The Kier molecular flexibility index (Phi) is 7.73. The molecule has 0 saturated carbocycles. The van der Waals surface area contributed by atoms with Gasteiger partial charge < -0.3 is 20.1 Å². The van der Waals surface area contributed by atoms with Crippen molar-refractivity contribution in [1.82, 2.24) is 15.2 Å². The number of benzene rings is 3. The van der Waals surface area contributed by atoms with Crippen LogP contribution in [-0.2, 0) is 11.2 Å². The van der Waals surface area contributed by atoms with Crippen molar-refractivity contribution in [1.29, 1.82) is 0 Å². The van der Waals surface area contributed by atoms with Gasteiger partial charge in [-0.1, -0.05) is 48.9 Å². The van der Waals surface area contributed by atoms with E-state index in [4.69, 9.17) is 11.6 Å². The molecule has 6 nitrogen and oxygen atoms in total. The SMILES string of the molecule is CC(c1c[nH]c2ccccc12)C(NC(=O)c1ccccc1F)C(=O)N1C[C@@H](CN(C)C)Cc2cc(Cl)ccc21. The van der Waals surface area contributed by atoms with Crippen LogP contribution in [0, 0.1) is 11.7 Å². The highest BCUT2D eigenvalue weighted by Crippen LogP contribution is 2.35. The van der Waals surface area contributed by atoms with Crippen LogP contribution in [0.2, 0.25) is 5.02 Å². The van der Waals surface area contributed by atoms with Crippen LogP contribution in [0.3, 0.4) is 0 Å². The third-order valence-electron chi connectivity index (χ3n) is 7.45. The Bertz CT molecular complexity index is 1520. The first-order valence-corrected chi connectivity index (χ1v) is 13.5. The van der Waals surface area contributed by atoms with Crippen LogP contribution in [0.1, 0.15) is 34.3 Å². The number of fused-ring (bicyclic) bond motifs is 2. The molecule has 1 aliphatic rings. The van der Waals surface area contributed by atoms with E-state index < -0.39 is 23.7 Å². The predicted octanol–water partition coefficient (Wildman–Crippen LogP) is 5.63. The van der Waals surface area contributed by atoms with E-state index in [-0.39, 0.29) is 17.4 Å². The molecule has 1 aromatic heterocycles. The summed E-state index contributed by atoms with van der Waals surface area (Å²) in [5, 5.41) is 4.49. The third-order valence-corrected chi connectivity index (χ3v) is 7.69. The van der Waals surface area contributed by atoms with Crippen molar-refractivity contribution >= 4 is 40.0 Å². The number of nitrogens with zero attached hydrogens (tertiary/aromatic N) is 2. The van der Waals surface area contributed by atoms with Gasteiger partial charge >= 0.3 is 0 Å². The van der Waals surface area contributed by atoms with Crippen molar-refractivity contribution in [3.8, 4) is 0 Å². The van der Waals surface area contributed by atoms with Crippen molar-refractivity contribution in [3.05, 3.63) is 100 Å². The molecule has 3 atom stereocenters. The van der Waals surface area contributed by atoms with Gasteiger partial charge in [0.2, 0.25) is 5.91 Å². The molecule has 2 heterocycles. The van der Waals surface area contributed by atoms with Gasteiger partial charge in [0.1, 0.15) is 11.9 Å². The van der Waals surface area contributed by atoms with Crippen molar-refractivity contribution in [2.75, 3.05) is 32.1 Å². The van der Waals surface area contributed by atoms with Crippen molar-refractivity contribution in [2.24, 2.45) is 5.92 Å². The summed E-state index contributed by atoms with van der Waals surface area (Å²) < 4.78 is 14.6. The van der Waals surface area contributed by atoms with Crippen LogP contribution in [0.15, 0.2) is 72.9 Å². The summed E-state index contributed by atoms with van der Waals surface area (Å²) in [6.07, 6.45) is 2.67. The zero-order valence-electron chi connectivity index (χ0n) is 22.2. The van der Waals surface area contributed by atoms with Crippen molar-refractivity contribution < 1.29 is 14.0 Å². The zero-order chi connectivity index (χ0) is 27.7. The second-order valence-electron chi connectivity index (χ2n) is 10.6. The number of H-pyrrole nitrogens is 1. The Morgan fingerprint density at radius 1 is 1.13 bits per heavy atom. The van der Waals surface area contributed by atoms with E-state index in [1.165, 1.54) is 18.2 Å². The van der Waals surface area contributed by atoms with E-state index in [0.717, 1.165) is 40.7 Å². The number of anilines is 1. The number of carbonyl (C=O) groups excluding carboxylic acids is 2. The molecule has 3 aromatic carbocycles. The summed E-state index contributed by atoms with van der Waals surface area (Å²) in [7, 11) is 4.02. The highest BCUT2D eigenvalue weighted by molar-refractivity contribution is 6.30. The van der Waals surface area contributed by atoms with Gasteiger partial charge in [-0.25, -0.2) is 4.39 Å². The first-order chi connectivity index (χ1) is 18.7. The van der Waals surface area contributed by atoms with E-state index >= 15 is 0 Å². The molecular weight excluding hydrogens is 515 g/mol. The lowest BCUT2D eigenvalue weighted by atomic mass is 9.88. The summed E-state index contributed by atoms with van der Waals surface area (Å²) >= 11 is 6.34. The van der Waals surface area contributed by atoms with Crippen LogP contribution in [0.4, 0.5) is 10.1 Å². The maximum Gasteiger partial charge on any atom is 0.254 e. The molecule has 39 heavy (non-hydrogen) atoms. The Hall–Kier alpha value is -3.68. The van der Waals surface area contributed by atoms with Gasteiger partial charge in [0.25, 0.3) is 5.91 Å². The van der Waals surface area contributed by atoms with Crippen LogP contribution in [0.25, 0.3) is 10.9 Å². The van der Waals surface area contributed by atoms with E-state index in [1.807, 2.05) is 63.6 Å². The number of rotatable bonds is 7. The lowest BCUT2D eigenvalue weighted by Gasteiger charge is -2.38. The zero-order valence-corrected chi connectivity index (χ0v) is 23.0. The summed E-state index contributed by atoms with van der Waals surface area (Å²) in [5.41, 5.74) is 3.52. The van der Waals surface area contributed by atoms with Gasteiger partial charge in [0.15, 0.2) is 0 Å². The topological polar surface area (TPSA) is 68.4 Å². The lowest BCUT2D eigenvalue weighted by molar-refractivity contribution is -0.121. The molecule has 1 aliphatic heterocycles. The fourth-order valence-electron chi connectivity index (χ4n) is 5.64. The van der Waals surface area contributed by atoms with Crippen LogP contribution >= 0.6 is 11.6 Å². The second-order valence-corrected chi connectivity index (χ2v) is 11.0. The molecule has 2 amide bonds. The van der Waals surface area contributed by atoms with Gasteiger partial charge in [-0.2, -0.15) is 0 Å². The largest absolute Gasteiger partial charge is 0.361 e. The molecule has 5 rings (SSSR count). The van der Waals surface area contributed by atoms with Crippen LogP contribution in [0.5, 0.6) is 0 Å². The number of para-hydroxylation sites is 1. The number of nitrogens with one attached hydrogen (secondary N) is 2. The van der Waals surface area contributed by atoms with E-state index in [9.17, 15) is 14.0 Å². The number of aromatic amines is 1. The summed E-state index contributed by atoms with van der Waals surface area (Å²) in [6, 6.07) is 18.3. The van der Waals surface area contributed by atoms with Gasteiger partial charge in [0.05, 0.1) is 5.56 Å². The number of aromatic nitrogens is 1. The lowest BCUT2D eigenvalue weighted by Crippen LogP contribution is -2.54. The molecule has 0 fully saturated rings. The first-order valence-electron chi connectivity index (χ1n) is 13.1. The minimum Gasteiger partial charge on any atom is -0.361 e. The first kappa shape index (κ1) is 26.9. The molecule has 202 valence electrons. The monoisotopic (exact) mass is 546 g/mol. The molecule has 8 heteroatoms. The van der Waals surface area contributed by atoms with E-state index in [1.54, 1.807) is 17.0 Å². The van der Waals surface area contributed by atoms with Crippen molar-refractivity contribution in [2.45, 2.75) is 25.3 Å². The third kappa shape index (κ3) is 5.56. The summed E-state index contributed by atoms with van der Waals surface area (Å²) in [5.74, 6) is -1.73. The Balaban J connectivity index is 1.55. The molecule has 0 aliphatic carbocycles. The van der Waals surface area contributed by atoms with Crippen molar-refractivity contribution in [3.63, 3.8) is 0 Å². The molecular formula is C31H32ClFN4O2. The van der Waals surface area contributed by atoms with Crippen LogP contribution in [-0.4, -0.2) is 54.9 Å². The predicted molar refractivity (Wildman–Crippen MR) is 154 cm³/mol. The Labute approximate surface area is 232 Å². The fourth-order valence-corrected chi connectivity index (χ4v) is 5.84. The minimum atomic E-state index is -0.946. The molecule has 2 N–H and O–H groups in total. The standard InChI is InChI=1S/C31H32ClFN4O2/c1-19(25-16-34-27-11-7-5-8-23(25)27)29(35-30(38)24-9-4-6-10-26(24)33)31(39)37-18-20(17-36(2)3)14-21-15-22(32)12-13-28(21)37/h4-13,15-16,19-20,29,34H,14,17-18H2,1-3H3,(H,35,38)/t19?,20-,29?/m1/s1. The molecule has 4 aromatic rings. The summed E-state index contributed by atoms with van der Waals surface area (Å²) in [6.45, 7) is 3.21. The molecule has 0 spiro atoms. The van der Waals surface area contributed by atoms with Gasteiger partial charge in [0, 0.05) is 46.8 Å². The van der Waals surface area contributed by atoms with Gasteiger partial charge in [-0.3, -0.25) is 9.59 Å². The smallest absolute Gasteiger partial charge is 0.254 e. The second kappa shape index (κ2) is 11.2. The summed E-state index contributed by atoms with van der Waals surface area (Å²) in [4.78, 5) is 34.9. The van der Waals surface area contributed by atoms with E-state index in [2.05, 4.69) is 15.2 Å². The van der Waals surface area contributed by atoms with Gasteiger partial charge in [-0.05, 0) is 74.0 Å².